The number of hydrogen-bond acceptors (Lipinski definition) is 6. The number of anilines is 2. The molecular weight excluding hydrogens is 580 g/mol. The van der Waals surface area contributed by atoms with Crippen LogP contribution in [-0.2, 0) is 9.84 Å². The van der Waals surface area contributed by atoms with E-state index in [4.69, 9.17) is 8.83 Å². The molecule has 4 aromatic rings. The van der Waals surface area contributed by atoms with Gasteiger partial charge in [-0.05, 0) is 92.5 Å². The molecule has 0 saturated carbocycles. The van der Waals surface area contributed by atoms with E-state index in [1.165, 1.54) is 48.5 Å². The van der Waals surface area contributed by atoms with E-state index in [2.05, 4.69) is 42.5 Å². The summed E-state index contributed by atoms with van der Waals surface area (Å²) in [5.41, 5.74) is 0.558. The molecule has 0 atom stereocenters. The maximum Gasteiger partial charge on any atom is 0.291 e. The van der Waals surface area contributed by atoms with E-state index in [1.54, 1.807) is 24.3 Å². The zero-order chi connectivity index (χ0) is 23.6. The number of halogens is 2. The van der Waals surface area contributed by atoms with E-state index in [0.29, 0.717) is 9.34 Å². The molecule has 2 heterocycles. The fourth-order valence-electron chi connectivity index (χ4n) is 2.88. The average Bonchev–Trinajstić information content (AvgIpc) is 3.42. The quantitative estimate of drug-likeness (QED) is 0.294. The fraction of sp³-hybridized carbons (Fsp3) is 0. The Morgan fingerprint density at radius 3 is 1.45 bits per heavy atom. The summed E-state index contributed by atoms with van der Waals surface area (Å²) in [5.74, 6) is -0.904. The lowest BCUT2D eigenvalue weighted by molar-refractivity contribution is 0.0988. The number of nitrogens with one attached hydrogen (secondary N) is 2. The van der Waals surface area contributed by atoms with Crippen molar-refractivity contribution in [3.63, 3.8) is 0 Å². The number of sulfone groups is 1. The molecule has 2 aromatic carbocycles. The summed E-state index contributed by atoms with van der Waals surface area (Å²) in [6, 6.07) is 17.8. The van der Waals surface area contributed by atoms with Gasteiger partial charge in [0.15, 0.2) is 20.9 Å². The number of furan rings is 2. The van der Waals surface area contributed by atoms with Crippen molar-refractivity contribution in [2.75, 3.05) is 10.6 Å². The molecule has 4 rings (SSSR count). The number of carbonyl (C=O) groups excluding carboxylic acids is 2. The molecule has 0 aliphatic carbocycles. The molecule has 0 aliphatic rings. The Hall–Kier alpha value is -3.15. The highest BCUT2D eigenvalue weighted by molar-refractivity contribution is 9.10. The number of rotatable bonds is 6. The lowest BCUT2D eigenvalue weighted by Crippen LogP contribution is -2.12. The summed E-state index contributed by atoms with van der Waals surface area (Å²) < 4.78 is 37.6. The molecule has 8 nitrogen and oxygen atoms in total. The molecule has 0 unspecified atom stereocenters. The van der Waals surface area contributed by atoms with Crippen LogP contribution in [0.4, 0.5) is 11.4 Å². The Morgan fingerprint density at radius 2 is 1.09 bits per heavy atom. The molecule has 33 heavy (non-hydrogen) atoms. The summed E-state index contributed by atoms with van der Waals surface area (Å²) in [6.45, 7) is 0. The monoisotopic (exact) mass is 592 g/mol. The minimum atomic E-state index is -3.94. The van der Waals surface area contributed by atoms with Crippen LogP contribution in [0, 0.1) is 0 Å². The summed E-state index contributed by atoms with van der Waals surface area (Å²) in [6.07, 6.45) is 0. The Bertz CT molecular complexity index is 1360. The second kappa shape index (κ2) is 9.38. The Labute approximate surface area is 205 Å². The maximum absolute atomic E-state index is 13.2. The summed E-state index contributed by atoms with van der Waals surface area (Å²) in [5, 5.41) is 5.21. The Balaban J connectivity index is 1.55. The first-order valence-electron chi connectivity index (χ1n) is 9.31. The van der Waals surface area contributed by atoms with E-state index in [-0.39, 0.29) is 32.7 Å². The Kier molecular flexibility index (Phi) is 6.54. The van der Waals surface area contributed by atoms with Gasteiger partial charge < -0.3 is 19.5 Å². The van der Waals surface area contributed by atoms with Crippen LogP contribution in [0.3, 0.4) is 0 Å². The number of amides is 2. The van der Waals surface area contributed by atoms with E-state index in [0.717, 1.165) is 0 Å². The minimum Gasteiger partial charge on any atom is -0.444 e. The van der Waals surface area contributed by atoms with Crippen LogP contribution in [0.15, 0.2) is 101 Å². The number of carbonyl (C=O) groups is 2. The highest BCUT2D eigenvalue weighted by Crippen LogP contribution is 2.26. The standard InChI is InChI=1S/C22H14Br2N2O6S/c23-19-9-7-17(31-19)21(27)25-13-3-1-5-15(11-13)33(29,30)16-6-2-4-14(12-16)26-22(28)18-8-10-20(24)32-18/h1-12H,(H,25,27)(H,26,28). The second-order valence-electron chi connectivity index (χ2n) is 6.67. The van der Waals surface area contributed by atoms with Gasteiger partial charge in [-0.2, -0.15) is 0 Å². The Morgan fingerprint density at radius 1 is 0.667 bits per heavy atom. The lowest BCUT2D eigenvalue weighted by Gasteiger charge is -2.10. The van der Waals surface area contributed by atoms with E-state index in [1.807, 2.05) is 0 Å². The normalized spacial score (nSPS) is 11.2. The largest absolute Gasteiger partial charge is 0.444 e. The molecule has 168 valence electrons. The van der Waals surface area contributed by atoms with Crippen molar-refractivity contribution in [3.05, 3.63) is 93.7 Å². The molecule has 0 spiro atoms. The van der Waals surface area contributed by atoms with Crippen LogP contribution >= 0.6 is 31.9 Å². The van der Waals surface area contributed by atoms with Crippen molar-refractivity contribution < 1.29 is 26.8 Å². The topological polar surface area (TPSA) is 119 Å². The molecule has 2 aromatic heterocycles. The molecule has 0 fully saturated rings. The summed E-state index contributed by atoms with van der Waals surface area (Å²) >= 11 is 6.25. The van der Waals surface area contributed by atoms with Gasteiger partial charge in [0.05, 0.1) is 9.79 Å². The van der Waals surface area contributed by atoms with E-state index >= 15 is 0 Å². The zero-order valence-electron chi connectivity index (χ0n) is 16.5. The molecule has 0 radical (unpaired) electrons. The first-order chi connectivity index (χ1) is 15.7. The van der Waals surface area contributed by atoms with Gasteiger partial charge in [0.2, 0.25) is 9.84 Å². The highest BCUT2D eigenvalue weighted by atomic mass is 79.9. The van der Waals surface area contributed by atoms with Crippen molar-refractivity contribution in [1.29, 1.82) is 0 Å². The first kappa shape index (κ1) is 23.0. The first-order valence-corrected chi connectivity index (χ1v) is 12.4. The van der Waals surface area contributed by atoms with Crippen LogP contribution < -0.4 is 10.6 Å². The van der Waals surface area contributed by atoms with Gasteiger partial charge in [0.25, 0.3) is 11.8 Å². The average molecular weight is 594 g/mol. The third-order valence-electron chi connectivity index (χ3n) is 4.40. The van der Waals surface area contributed by atoms with Gasteiger partial charge in [0, 0.05) is 11.4 Å². The molecule has 0 bridgehead atoms. The van der Waals surface area contributed by atoms with Gasteiger partial charge in [-0.25, -0.2) is 8.42 Å². The van der Waals surface area contributed by atoms with Gasteiger partial charge in [-0.1, -0.05) is 12.1 Å². The van der Waals surface area contributed by atoms with Crippen LogP contribution in [0.2, 0.25) is 0 Å². The van der Waals surface area contributed by atoms with Gasteiger partial charge in [-0.3, -0.25) is 9.59 Å². The molecule has 2 amide bonds. The molecule has 2 N–H and O–H groups in total. The van der Waals surface area contributed by atoms with Crippen molar-refractivity contribution >= 4 is 64.9 Å². The predicted octanol–water partition coefficient (Wildman–Crippen LogP) is 5.74. The number of hydrogen-bond donors (Lipinski definition) is 2. The fourth-order valence-corrected chi connectivity index (χ4v) is 4.84. The molecule has 0 saturated heterocycles. The highest BCUT2D eigenvalue weighted by Gasteiger charge is 2.20. The van der Waals surface area contributed by atoms with Crippen molar-refractivity contribution in [2.45, 2.75) is 9.79 Å². The molecule has 0 aliphatic heterocycles. The van der Waals surface area contributed by atoms with Crippen molar-refractivity contribution in [1.82, 2.24) is 0 Å². The van der Waals surface area contributed by atoms with Crippen LogP contribution in [-0.4, -0.2) is 20.2 Å². The second-order valence-corrected chi connectivity index (χ2v) is 10.2. The van der Waals surface area contributed by atoms with E-state index in [9.17, 15) is 18.0 Å². The SMILES string of the molecule is O=C(Nc1cccc(S(=O)(=O)c2cccc(NC(=O)c3ccc(Br)o3)c2)c1)c1ccc(Br)o1. The van der Waals surface area contributed by atoms with Crippen LogP contribution in [0.1, 0.15) is 21.1 Å². The molecule has 11 heteroatoms. The van der Waals surface area contributed by atoms with Crippen molar-refractivity contribution in [3.8, 4) is 0 Å². The van der Waals surface area contributed by atoms with Crippen LogP contribution in [0.25, 0.3) is 0 Å². The maximum atomic E-state index is 13.2. The summed E-state index contributed by atoms with van der Waals surface area (Å²) in [4.78, 5) is 24.5. The van der Waals surface area contributed by atoms with Crippen LogP contribution in [0.5, 0.6) is 0 Å². The van der Waals surface area contributed by atoms with Gasteiger partial charge in [0.1, 0.15) is 0 Å². The minimum absolute atomic E-state index is 0.0284. The van der Waals surface area contributed by atoms with Gasteiger partial charge in [-0.15, -0.1) is 0 Å². The third kappa shape index (κ3) is 5.27. The zero-order valence-corrected chi connectivity index (χ0v) is 20.5. The van der Waals surface area contributed by atoms with Gasteiger partial charge >= 0.3 is 0 Å². The van der Waals surface area contributed by atoms with E-state index < -0.39 is 21.7 Å². The summed E-state index contributed by atoms with van der Waals surface area (Å²) in [7, 11) is -3.94. The third-order valence-corrected chi connectivity index (χ3v) is 7.00. The molecular formula is C22H14Br2N2O6S. The van der Waals surface area contributed by atoms with Crippen molar-refractivity contribution in [2.24, 2.45) is 0 Å². The smallest absolute Gasteiger partial charge is 0.291 e. The lowest BCUT2D eigenvalue weighted by atomic mass is 10.3. The predicted molar refractivity (Wildman–Crippen MR) is 127 cm³/mol. The number of benzene rings is 2.